The van der Waals surface area contributed by atoms with Crippen LogP contribution in [0.5, 0.6) is 0 Å². The minimum absolute atomic E-state index is 0.0745. The van der Waals surface area contributed by atoms with Gasteiger partial charge in [0.05, 0.1) is 6.54 Å². The van der Waals surface area contributed by atoms with E-state index in [0.717, 1.165) is 0 Å². The fourth-order valence-electron chi connectivity index (χ4n) is 1.16. The molecule has 0 aromatic carbocycles. The zero-order valence-electron chi connectivity index (χ0n) is 9.41. The number of nitrogens with zero attached hydrogens (tertiary/aromatic N) is 3. The first-order chi connectivity index (χ1) is 8.41. The van der Waals surface area contributed by atoms with E-state index in [1.54, 1.807) is 0 Å². The van der Waals surface area contributed by atoms with Crippen LogP contribution in [0.1, 0.15) is 0 Å². The molecule has 0 aliphatic rings. The molecule has 1 aromatic rings. The fourth-order valence-corrected chi connectivity index (χ4v) is 1.16. The molecule has 0 unspecified atom stereocenters. The third-order valence-electron chi connectivity index (χ3n) is 1.94. The highest BCUT2D eigenvalue weighted by atomic mass is 16.6. The summed E-state index contributed by atoms with van der Waals surface area (Å²) in [4.78, 5) is 34.9. The smallest absolute Gasteiger partial charge is 0.406 e. The number of nitrogens with one attached hydrogen (secondary N) is 2. The summed E-state index contributed by atoms with van der Waals surface area (Å²) in [5.74, 6) is -2.09. The molecule has 3 N–H and O–H groups in total. The van der Waals surface area contributed by atoms with E-state index in [0.29, 0.717) is 0 Å². The molecule has 1 rings (SSSR count). The summed E-state index contributed by atoms with van der Waals surface area (Å²) >= 11 is 0. The Morgan fingerprint density at radius 3 is 2.78 bits per heavy atom. The normalized spacial score (nSPS) is 9.83. The number of aromatic nitrogens is 2. The van der Waals surface area contributed by atoms with E-state index >= 15 is 0 Å². The number of amides is 1. The first-order valence-corrected chi connectivity index (χ1v) is 4.80. The Hall–Kier alpha value is -2.65. The highest BCUT2D eigenvalue weighted by Crippen LogP contribution is 2.20. The van der Waals surface area contributed by atoms with Gasteiger partial charge >= 0.3 is 11.8 Å². The lowest BCUT2D eigenvalue weighted by Gasteiger charge is -2.06. The molecule has 0 bridgehead atoms. The van der Waals surface area contributed by atoms with Crippen molar-refractivity contribution < 1.29 is 19.6 Å². The molecule has 1 heterocycles. The van der Waals surface area contributed by atoms with E-state index in [2.05, 4.69) is 15.6 Å². The number of aliphatic carboxylic acids is 1. The summed E-state index contributed by atoms with van der Waals surface area (Å²) in [7, 11) is 1.53. The summed E-state index contributed by atoms with van der Waals surface area (Å²) < 4.78 is 1.35. The van der Waals surface area contributed by atoms with E-state index in [9.17, 15) is 19.7 Å². The lowest BCUT2D eigenvalue weighted by molar-refractivity contribution is -0.388. The van der Waals surface area contributed by atoms with Crippen molar-refractivity contribution >= 4 is 23.5 Å². The maximum absolute atomic E-state index is 11.2. The average molecular weight is 257 g/mol. The second kappa shape index (κ2) is 5.61. The topological polar surface area (TPSA) is 139 Å². The number of carboxylic acid groups (broad SMARTS) is 1. The van der Waals surface area contributed by atoms with Crippen LogP contribution in [0.15, 0.2) is 6.33 Å². The highest BCUT2D eigenvalue weighted by Gasteiger charge is 2.20. The van der Waals surface area contributed by atoms with Gasteiger partial charge in [-0.05, 0) is 9.91 Å². The molecule has 98 valence electrons. The van der Waals surface area contributed by atoms with Gasteiger partial charge in [0.15, 0.2) is 0 Å². The van der Waals surface area contributed by atoms with Gasteiger partial charge < -0.3 is 25.9 Å². The van der Waals surface area contributed by atoms with Crippen molar-refractivity contribution in [3.8, 4) is 0 Å². The Kier molecular flexibility index (Phi) is 4.18. The quantitative estimate of drug-likeness (QED) is 0.436. The van der Waals surface area contributed by atoms with Gasteiger partial charge in [0.25, 0.3) is 0 Å². The van der Waals surface area contributed by atoms with E-state index in [1.165, 1.54) is 17.9 Å². The summed E-state index contributed by atoms with van der Waals surface area (Å²) in [6, 6.07) is 0. The zero-order valence-corrected chi connectivity index (χ0v) is 9.41. The number of anilines is 1. The lowest BCUT2D eigenvalue weighted by Crippen LogP contribution is -2.34. The van der Waals surface area contributed by atoms with Crippen LogP contribution in [-0.4, -0.2) is 44.5 Å². The molecule has 1 amide bonds. The number of imidazole rings is 1. The Morgan fingerprint density at radius 2 is 2.22 bits per heavy atom. The van der Waals surface area contributed by atoms with E-state index in [4.69, 9.17) is 5.11 Å². The van der Waals surface area contributed by atoms with Gasteiger partial charge in [0.1, 0.15) is 6.54 Å². The number of carbonyl (C=O) groups is 2. The van der Waals surface area contributed by atoms with Crippen LogP contribution >= 0.6 is 0 Å². The third kappa shape index (κ3) is 3.43. The summed E-state index contributed by atoms with van der Waals surface area (Å²) in [5.41, 5.74) is 0. The Labute approximate surface area is 101 Å². The predicted octanol–water partition coefficient (Wildman–Crippen LogP) is -1.06. The molecule has 0 radical (unpaired) electrons. The molecular formula is C8H11N5O5. The van der Waals surface area contributed by atoms with Gasteiger partial charge in [-0.15, -0.1) is 0 Å². The minimum atomic E-state index is -1.17. The van der Waals surface area contributed by atoms with Crippen molar-refractivity contribution in [2.45, 2.75) is 0 Å². The molecule has 0 aliphatic heterocycles. The Balaban J connectivity index is 2.58. The van der Waals surface area contributed by atoms with E-state index < -0.39 is 29.2 Å². The Morgan fingerprint density at radius 1 is 1.56 bits per heavy atom. The molecule has 0 saturated heterocycles. The van der Waals surface area contributed by atoms with Crippen molar-refractivity contribution in [1.29, 1.82) is 0 Å². The van der Waals surface area contributed by atoms with Gasteiger partial charge in [-0.3, -0.25) is 14.2 Å². The molecule has 0 aliphatic carbocycles. The van der Waals surface area contributed by atoms with E-state index in [-0.39, 0.29) is 12.4 Å². The van der Waals surface area contributed by atoms with Crippen LogP contribution in [0.25, 0.3) is 0 Å². The number of carbonyl (C=O) groups excluding carboxylic acids is 1. The summed E-state index contributed by atoms with van der Waals surface area (Å²) in [5, 5.41) is 23.6. The van der Waals surface area contributed by atoms with Crippen LogP contribution in [0.4, 0.5) is 11.6 Å². The molecule has 0 saturated carbocycles. The van der Waals surface area contributed by atoms with Gasteiger partial charge in [0.2, 0.25) is 18.1 Å². The molecule has 18 heavy (non-hydrogen) atoms. The molecular weight excluding hydrogens is 246 g/mol. The maximum Gasteiger partial charge on any atom is 0.406 e. The molecule has 10 nitrogen and oxygen atoms in total. The molecule has 10 heteroatoms. The number of rotatable bonds is 6. The first-order valence-electron chi connectivity index (χ1n) is 4.80. The zero-order chi connectivity index (χ0) is 13.7. The van der Waals surface area contributed by atoms with Gasteiger partial charge in [-0.2, -0.15) is 0 Å². The number of hydrogen-bond acceptors (Lipinski definition) is 6. The van der Waals surface area contributed by atoms with Crippen molar-refractivity contribution in [2.75, 3.05) is 18.4 Å². The van der Waals surface area contributed by atoms with Crippen molar-refractivity contribution in [3.63, 3.8) is 0 Å². The number of nitro groups is 1. The highest BCUT2D eigenvalue weighted by molar-refractivity contribution is 5.84. The van der Waals surface area contributed by atoms with Crippen molar-refractivity contribution in [1.82, 2.24) is 14.9 Å². The summed E-state index contributed by atoms with van der Waals surface area (Å²) in [6.07, 6.45) is 1.23. The second-order valence-corrected chi connectivity index (χ2v) is 3.31. The standard InChI is InChI=1S/C8H11N5O5/c1-12-4-11-8(13(17)18)7(12)10-2-5(14)9-3-6(15)16/h4,10H,2-3H2,1H3,(H,9,14)(H,15,16). The number of hydrogen-bond donors (Lipinski definition) is 3. The lowest BCUT2D eigenvalue weighted by atomic mass is 10.5. The fraction of sp³-hybridized carbons (Fsp3) is 0.375. The summed E-state index contributed by atoms with van der Waals surface area (Å²) in [6.45, 7) is -0.790. The van der Waals surface area contributed by atoms with Crippen LogP contribution in [0.3, 0.4) is 0 Å². The van der Waals surface area contributed by atoms with Gasteiger partial charge in [-0.25, -0.2) is 0 Å². The predicted molar refractivity (Wildman–Crippen MR) is 59.0 cm³/mol. The maximum atomic E-state index is 11.2. The largest absolute Gasteiger partial charge is 0.480 e. The monoisotopic (exact) mass is 257 g/mol. The third-order valence-corrected chi connectivity index (χ3v) is 1.94. The van der Waals surface area contributed by atoms with Crippen molar-refractivity contribution in [3.05, 3.63) is 16.4 Å². The van der Waals surface area contributed by atoms with Crippen LogP contribution in [-0.2, 0) is 16.6 Å². The number of carboxylic acids is 1. The van der Waals surface area contributed by atoms with Crippen molar-refractivity contribution in [2.24, 2.45) is 7.05 Å². The first kappa shape index (κ1) is 13.4. The molecule has 1 aromatic heterocycles. The Bertz CT molecular complexity index is 482. The molecule has 0 atom stereocenters. The molecule has 0 fully saturated rings. The SMILES string of the molecule is Cn1cnc([N+](=O)[O-])c1NCC(=O)NCC(=O)O. The second-order valence-electron chi connectivity index (χ2n) is 3.31. The minimum Gasteiger partial charge on any atom is -0.480 e. The number of aryl methyl sites for hydroxylation is 1. The van der Waals surface area contributed by atoms with Crippen LogP contribution in [0, 0.1) is 10.1 Å². The average Bonchev–Trinajstić information content (AvgIpc) is 2.65. The van der Waals surface area contributed by atoms with Gasteiger partial charge in [0, 0.05) is 7.05 Å². The van der Waals surface area contributed by atoms with Crippen LogP contribution in [0.2, 0.25) is 0 Å². The van der Waals surface area contributed by atoms with E-state index in [1.807, 2.05) is 0 Å². The van der Waals surface area contributed by atoms with Gasteiger partial charge in [-0.1, -0.05) is 0 Å². The van der Waals surface area contributed by atoms with Crippen LogP contribution < -0.4 is 10.6 Å². The molecule has 0 spiro atoms.